The lowest BCUT2D eigenvalue weighted by Gasteiger charge is -2.23. The zero-order valence-corrected chi connectivity index (χ0v) is 11.5. The summed E-state index contributed by atoms with van der Waals surface area (Å²) in [5, 5.41) is 14.5. The van der Waals surface area contributed by atoms with E-state index in [-0.39, 0.29) is 5.60 Å². The molecule has 102 valence electrons. The highest BCUT2D eigenvalue weighted by atomic mass is 16.5. The Bertz CT molecular complexity index is 510. The number of hydrogen-bond acceptors (Lipinski definition) is 5. The largest absolute Gasteiger partial charge is 0.385 e. The van der Waals surface area contributed by atoms with Crippen LogP contribution < -0.4 is 5.32 Å². The molecule has 0 bridgehead atoms. The van der Waals surface area contributed by atoms with Crippen molar-refractivity contribution in [2.45, 2.75) is 25.9 Å². The number of nitrogens with one attached hydrogen (secondary N) is 1. The number of anilines is 1. The minimum absolute atomic E-state index is 0.111. The van der Waals surface area contributed by atoms with Crippen molar-refractivity contribution in [1.29, 1.82) is 0 Å². The van der Waals surface area contributed by atoms with Gasteiger partial charge in [-0.05, 0) is 48.9 Å². The summed E-state index contributed by atoms with van der Waals surface area (Å²) in [5.74, 6) is 0. The first-order chi connectivity index (χ1) is 9.11. The van der Waals surface area contributed by atoms with Crippen LogP contribution in [-0.4, -0.2) is 39.5 Å². The molecule has 1 aromatic heterocycles. The van der Waals surface area contributed by atoms with Crippen molar-refractivity contribution in [2.75, 3.05) is 19.0 Å². The first-order valence-corrected chi connectivity index (χ1v) is 6.23. The lowest BCUT2D eigenvalue weighted by molar-refractivity contribution is 0.0185. The summed E-state index contributed by atoms with van der Waals surface area (Å²) in [6, 6.07) is 7.96. The van der Waals surface area contributed by atoms with Crippen LogP contribution in [0.3, 0.4) is 0 Å². The predicted molar refractivity (Wildman–Crippen MR) is 73.3 cm³/mol. The molecule has 6 nitrogen and oxygen atoms in total. The van der Waals surface area contributed by atoms with Gasteiger partial charge in [0.25, 0.3) is 0 Å². The molecule has 0 atom stereocenters. The molecule has 0 aliphatic carbocycles. The summed E-state index contributed by atoms with van der Waals surface area (Å²) in [5.41, 5.74) is 1.86. The number of rotatable bonds is 6. The monoisotopic (exact) mass is 261 g/mol. The first-order valence-electron chi connectivity index (χ1n) is 6.23. The minimum atomic E-state index is -0.111. The van der Waals surface area contributed by atoms with E-state index in [0.29, 0.717) is 0 Å². The molecule has 0 spiro atoms. The summed E-state index contributed by atoms with van der Waals surface area (Å²) in [7, 11) is 1.73. The smallest absolute Gasteiger partial charge is 0.143 e. The van der Waals surface area contributed by atoms with E-state index in [4.69, 9.17) is 4.74 Å². The summed E-state index contributed by atoms with van der Waals surface area (Å²) in [6.07, 6.45) is 2.51. The standard InChI is InChI=1S/C13H19N5O/c1-13(2,19-3)7-8-14-11-5-4-6-12(9-11)18-10-15-16-17-18/h4-6,9-10,14H,7-8H2,1-3H3. The van der Waals surface area contributed by atoms with Crippen LogP contribution in [-0.2, 0) is 4.74 Å². The minimum Gasteiger partial charge on any atom is -0.385 e. The first kappa shape index (κ1) is 13.5. The number of nitrogens with zero attached hydrogens (tertiary/aromatic N) is 4. The van der Waals surface area contributed by atoms with Gasteiger partial charge in [0.1, 0.15) is 6.33 Å². The molecule has 0 saturated carbocycles. The highest BCUT2D eigenvalue weighted by molar-refractivity contribution is 5.50. The highest BCUT2D eigenvalue weighted by Crippen LogP contribution is 2.16. The number of tetrazole rings is 1. The third-order valence-electron chi connectivity index (χ3n) is 3.07. The van der Waals surface area contributed by atoms with E-state index in [1.54, 1.807) is 18.1 Å². The van der Waals surface area contributed by atoms with Crippen LogP contribution in [0.5, 0.6) is 0 Å². The molecule has 2 aromatic rings. The molecular formula is C13H19N5O. The zero-order chi connectivity index (χ0) is 13.7. The van der Waals surface area contributed by atoms with Crippen molar-refractivity contribution in [3.05, 3.63) is 30.6 Å². The summed E-state index contributed by atoms with van der Waals surface area (Å²) < 4.78 is 7.02. The van der Waals surface area contributed by atoms with Gasteiger partial charge in [-0.2, -0.15) is 0 Å². The second-order valence-electron chi connectivity index (χ2n) is 4.95. The van der Waals surface area contributed by atoms with Gasteiger partial charge in [-0.1, -0.05) is 6.07 Å². The third-order valence-corrected chi connectivity index (χ3v) is 3.07. The van der Waals surface area contributed by atoms with Crippen LogP contribution in [0.15, 0.2) is 30.6 Å². The maximum Gasteiger partial charge on any atom is 0.143 e. The van der Waals surface area contributed by atoms with Crippen LogP contribution >= 0.6 is 0 Å². The van der Waals surface area contributed by atoms with E-state index < -0.39 is 0 Å². The Hall–Kier alpha value is -1.95. The van der Waals surface area contributed by atoms with E-state index in [0.717, 1.165) is 24.3 Å². The Kier molecular flexibility index (Phi) is 4.11. The molecule has 2 rings (SSSR count). The van der Waals surface area contributed by atoms with Gasteiger partial charge >= 0.3 is 0 Å². The second-order valence-corrected chi connectivity index (χ2v) is 4.95. The molecular weight excluding hydrogens is 242 g/mol. The lowest BCUT2D eigenvalue weighted by Crippen LogP contribution is -2.25. The fourth-order valence-corrected chi connectivity index (χ4v) is 1.65. The second kappa shape index (κ2) is 5.79. The lowest BCUT2D eigenvalue weighted by atomic mass is 10.1. The molecule has 0 unspecified atom stereocenters. The van der Waals surface area contributed by atoms with Gasteiger partial charge in [0.15, 0.2) is 0 Å². The number of benzene rings is 1. The molecule has 0 fully saturated rings. The molecule has 1 N–H and O–H groups in total. The average Bonchev–Trinajstić information content (AvgIpc) is 2.93. The van der Waals surface area contributed by atoms with E-state index in [1.807, 2.05) is 24.3 Å². The molecule has 0 aliphatic heterocycles. The highest BCUT2D eigenvalue weighted by Gasteiger charge is 2.15. The van der Waals surface area contributed by atoms with Gasteiger partial charge in [-0.25, -0.2) is 4.68 Å². The SMILES string of the molecule is COC(C)(C)CCNc1cccc(-n2cnnn2)c1. The van der Waals surface area contributed by atoms with Crippen LogP contribution in [0.4, 0.5) is 5.69 Å². The third kappa shape index (κ3) is 3.75. The average molecular weight is 261 g/mol. The molecule has 19 heavy (non-hydrogen) atoms. The van der Waals surface area contributed by atoms with E-state index in [1.165, 1.54) is 0 Å². The van der Waals surface area contributed by atoms with Gasteiger partial charge in [0, 0.05) is 19.3 Å². The number of hydrogen-bond donors (Lipinski definition) is 1. The Morgan fingerprint density at radius 2 is 2.21 bits per heavy atom. The number of ether oxygens (including phenoxy) is 1. The predicted octanol–water partition coefficient (Wildman–Crippen LogP) is 1.89. The van der Waals surface area contributed by atoms with Crippen LogP contribution in [0, 0.1) is 0 Å². The van der Waals surface area contributed by atoms with E-state index in [2.05, 4.69) is 34.7 Å². The van der Waals surface area contributed by atoms with Crippen LogP contribution in [0.25, 0.3) is 5.69 Å². The number of methoxy groups -OCH3 is 1. The molecule has 1 aromatic carbocycles. The maximum absolute atomic E-state index is 5.39. The van der Waals surface area contributed by atoms with Crippen molar-refractivity contribution in [2.24, 2.45) is 0 Å². The number of aromatic nitrogens is 4. The maximum atomic E-state index is 5.39. The quantitative estimate of drug-likeness (QED) is 0.860. The van der Waals surface area contributed by atoms with Gasteiger partial charge in [0.05, 0.1) is 11.3 Å². The van der Waals surface area contributed by atoms with Crippen LogP contribution in [0.2, 0.25) is 0 Å². The topological polar surface area (TPSA) is 64.9 Å². The Labute approximate surface area is 112 Å². The molecule has 1 heterocycles. The summed E-state index contributed by atoms with van der Waals surface area (Å²) in [6.45, 7) is 5.00. The Morgan fingerprint density at radius 1 is 1.37 bits per heavy atom. The van der Waals surface area contributed by atoms with Crippen LogP contribution in [0.1, 0.15) is 20.3 Å². The fourth-order valence-electron chi connectivity index (χ4n) is 1.65. The molecule has 6 heteroatoms. The molecule has 0 aliphatic rings. The Morgan fingerprint density at radius 3 is 2.89 bits per heavy atom. The molecule has 0 amide bonds. The molecule has 0 radical (unpaired) electrons. The van der Waals surface area contributed by atoms with Crippen molar-refractivity contribution in [3.8, 4) is 5.69 Å². The van der Waals surface area contributed by atoms with E-state index in [9.17, 15) is 0 Å². The van der Waals surface area contributed by atoms with Crippen molar-refractivity contribution < 1.29 is 4.74 Å². The van der Waals surface area contributed by atoms with E-state index >= 15 is 0 Å². The van der Waals surface area contributed by atoms with Crippen molar-refractivity contribution in [3.63, 3.8) is 0 Å². The Balaban J connectivity index is 1.97. The van der Waals surface area contributed by atoms with Gasteiger partial charge in [-0.15, -0.1) is 5.10 Å². The van der Waals surface area contributed by atoms with Gasteiger partial charge < -0.3 is 10.1 Å². The van der Waals surface area contributed by atoms with Gasteiger partial charge in [0.2, 0.25) is 0 Å². The molecule has 0 saturated heterocycles. The van der Waals surface area contributed by atoms with Crippen molar-refractivity contribution >= 4 is 5.69 Å². The normalized spacial score (nSPS) is 11.5. The zero-order valence-electron chi connectivity index (χ0n) is 11.5. The fraction of sp³-hybridized carbons (Fsp3) is 0.462. The van der Waals surface area contributed by atoms with Crippen molar-refractivity contribution in [1.82, 2.24) is 20.2 Å². The van der Waals surface area contributed by atoms with Gasteiger partial charge in [-0.3, -0.25) is 0 Å². The summed E-state index contributed by atoms with van der Waals surface area (Å²) >= 11 is 0. The summed E-state index contributed by atoms with van der Waals surface area (Å²) in [4.78, 5) is 0.